The van der Waals surface area contributed by atoms with E-state index in [1.165, 1.54) is 4.90 Å². The van der Waals surface area contributed by atoms with Gasteiger partial charge in [0, 0.05) is 25.3 Å². The lowest BCUT2D eigenvalue weighted by molar-refractivity contribution is -0.139. The topological polar surface area (TPSA) is 54.5 Å². The van der Waals surface area contributed by atoms with Gasteiger partial charge in [-0.1, -0.05) is 20.3 Å². The molecule has 1 aliphatic heterocycles. The van der Waals surface area contributed by atoms with Gasteiger partial charge < -0.3 is 4.79 Å². The highest BCUT2D eigenvalue weighted by molar-refractivity contribution is 6.03. The van der Waals surface area contributed by atoms with E-state index in [-0.39, 0.29) is 29.4 Å². The Bertz CT molecular complexity index is 336. The first-order valence-electron chi connectivity index (χ1n) is 6.77. The molecule has 1 heterocycles. The first-order chi connectivity index (χ1) is 8.43. The monoisotopic (exact) mass is 253 g/mol. The maximum absolute atomic E-state index is 12.0. The molecule has 0 spiro atoms. The summed E-state index contributed by atoms with van der Waals surface area (Å²) < 4.78 is 0. The maximum Gasteiger partial charge on any atom is 0.233 e. The maximum atomic E-state index is 12.0. The number of rotatable bonds is 7. The summed E-state index contributed by atoms with van der Waals surface area (Å²) >= 11 is 0. The molecule has 4 nitrogen and oxygen atoms in total. The average molecular weight is 253 g/mol. The standard InChI is InChI=1S/C14H23NO3/c1-10(2)12-9-13(17)15(14(12)18)8-6-4-5-7-11(3)16/h10,12H,4-9H2,1-3H3. The number of nitrogens with zero attached hydrogens (tertiary/aromatic N) is 1. The number of carbonyl (C=O) groups is 3. The van der Waals surface area contributed by atoms with Crippen LogP contribution in [-0.4, -0.2) is 29.0 Å². The van der Waals surface area contributed by atoms with Gasteiger partial charge in [0.25, 0.3) is 0 Å². The minimum Gasteiger partial charge on any atom is -0.300 e. The highest BCUT2D eigenvalue weighted by Crippen LogP contribution is 2.26. The van der Waals surface area contributed by atoms with Crippen molar-refractivity contribution >= 4 is 17.6 Å². The van der Waals surface area contributed by atoms with E-state index in [4.69, 9.17) is 0 Å². The Hall–Kier alpha value is -1.19. The molecule has 18 heavy (non-hydrogen) atoms. The van der Waals surface area contributed by atoms with E-state index in [1.54, 1.807) is 6.92 Å². The van der Waals surface area contributed by atoms with Crippen molar-refractivity contribution in [2.75, 3.05) is 6.54 Å². The minimum absolute atomic E-state index is 0.0124. The van der Waals surface area contributed by atoms with Crippen LogP contribution >= 0.6 is 0 Å². The highest BCUT2D eigenvalue weighted by Gasteiger charge is 2.39. The molecular weight excluding hydrogens is 230 g/mol. The quantitative estimate of drug-likeness (QED) is 0.516. The van der Waals surface area contributed by atoms with E-state index in [1.807, 2.05) is 13.8 Å². The molecule has 102 valence electrons. The fourth-order valence-corrected chi connectivity index (χ4v) is 2.29. The zero-order chi connectivity index (χ0) is 13.7. The van der Waals surface area contributed by atoms with Crippen LogP contribution in [0.1, 0.15) is 52.9 Å². The molecule has 0 bridgehead atoms. The van der Waals surface area contributed by atoms with Crippen LogP contribution in [0.3, 0.4) is 0 Å². The van der Waals surface area contributed by atoms with E-state index in [0.717, 1.165) is 19.3 Å². The molecule has 1 saturated heterocycles. The third kappa shape index (κ3) is 3.93. The Balaban J connectivity index is 2.32. The molecule has 0 radical (unpaired) electrons. The van der Waals surface area contributed by atoms with Crippen molar-refractivity contribution in [1.29, 1.82) is 0 Å². The van der Waals surface area contributed by atoms with Crippen molar-refractivity contribution in [3.05, 3.63) is 0 Å². The summed E-state index contributed by atoms with van der Waals surface area (Å²) in [7, 11) is 0. The van der Waals surface area contributed by atoms with Gasteiger partial charge >= 0.3 is 0 Å². The number of hydrogen-bond donors (Lipinski definition) is 0. The normalized spacial score (nSPS) is 20.0. The fraction of sp³-hybridized carbons (Fsp3) is 0.786. The lowest BCUT2D eigenvalue weighted by Gasteiger charge is -2.16. The molecule has 1 unspecified atom stereocenters. The van der Waals surface area contributed by atoms with Crippen LogP contribution < -0.4 is 0 Å². The molecular formula is C14H23NO3. The second kappa shape index (κ2) is 6.66. The van der Waals surface area contributed by atoms with E-state index in [9.17, 15) is 14.4 Å². The van der Waals surface area contributed by atoms with Crippen molar-refractivity contribution in [2.24, 2.45) is 11.8 Å². The van der Waals surface area contributed by atoms with Gasteiger partial charge in [-0.3, -0.25) is 14.5 Å². The van der Waals surface area contributed by atoms with Crippen LogP contribution in [0.2, 0.25) is 0 Å². The Labute approximate surface area is 109 Å². The third-order valence-electron chi connectivity index (χ3n) is 3.49. The molecule has 1 rings (SSSR count). The minimum atomic E-state index is -0.130. The van der Waals surface area contributed by atoms with Crippen molar-refractivity contribution in [2.45, 2.75) is 52.9 Å². The average Bonchev–Trinajstić information content (AvgIpc) is 2.55. The van der Waals surface area contributed by atoms with E-state index in [2.05, 4.69) is 0 Å². The lowest BCUT2D eigenvalue weighted by Crippen LogP contribution is -2.32. The predicted octanol–water partition coefficient (Wildman–Crippen LogP) is 2.17. The van der Waals surface area contributed by atoms with E-state index < -0.39 is 0 Å². The zero-order valence-corrected chi connectivity index (χ0v) is 11.6. The second-order valence-corrected chi connectivity index (χ2v) is 5.45. The number of hydrogen-bond acceptors (Lipinski definition) is 3. The number of ketones is 1. The summed E-state index contributed by atoms with van der Waals surface area (Å²) in [5.41, 5.74) is 0. The first-order valence-corrected chi connectivity index (χ1v) is 6.77. The van der Waals surface area contributed by atoms with Crippen LogP contribution in [0.15, 0.2) is 0 Å². The van der Waals surface area contributed by atoms with Gasteiger partial charge in [0.15, 0.2) is 0 Å². The number of amides is 2. The van der Waals surface area contributed by atoms with Gasteiger partial charge in [-0.2, -0.15) is 0 Å². The molecule has 1 fully saturated rings. The zero-order valence-electron chi connectivity index (χ0n) is 11.6. The van der Waals surface area contributed by atoms with Gasteiger partial charge in [0.2, 0.25) is 11.8 Å². The van der Waals surface area contributed by atoms with Crippen LogP contribution in [0.5, 0.6) is 0 Å². The van der Waals surface area contributed by atoms with Crippen molar-refractivity contribution in [3.63, 3.8) is 0 Å². The summed E-state index contributed by atoms with van der Waals surface area (Å²) in [5.74, 6) is 0.244. The molecule has 0 aromatic rings. The van der Waals surface area contributed by atoms with E-state index in [0.29, 0.717) is 19.4 Å². The second-order valence-electron chi connectivity index (χ2n) is 5.45. The number of unbranched alkanes of at least 4 members (excludes halogenated alkanes) is 2. The Kier molecular flexibility index (Phi) is 5.51. The van der Waals surface area contributed by atoms with Crippen LogP contribution in [0.25, 0.3) is 0 Å². The van der Waals surface area contributed by atoms with Crippen molar-refractivity contribution < 1.29 is 14.4 Å². The molecule has 1 atom stereocenters. The Morgan fingerprint density at radius 2 is 1.94 bits per heavy atom. The molecule has 1 aliphatic rings. The molecule has 2 amide bonds. The third-order valence-corrected chi connectivity index (χ3v) is 3.49. The summed E-state index contributed by atoms with van der Waals surface area (Å²) in [6.45, 7) is 6.05. The largest absolute Gasteiger partial charge is 0.300 e. The van der Waals surface area contributed by atoms with Gasteiger partial charge in [-0.15, -0.1) is 0 Å². The summed E-state index contributed by atoms with van der Waals surface area (Å²) in [6.07, 6.45) is 3.50. The lowest BCUT2D eigenvalue weighted by atomic mass is 9.94. The molecule has 0 aromatic heterocycles. The van der Waals surface area contributed by atoms with Crippen LogP contribution in [-0.2, 0) is 14.4 Å². The number of carbonyl (C=O) groups excluding carboxylic acids is 3. The fourth-order valence-electron chi connectivity index (χ4n) is 2.29. The number of imide groups is 1. The Morgan fingerprint density at radius 1 is 1.28 bits per heavy atom. The smallest absolute Gasteiger partial charge is 0.233 e. The molecule has 0 saturated carbocycles. The highest BCUT2D eigenvalue weighted by atomic mass is 16.2. The molecule has 0 N–H and O–H groups in total. The molecule has 4 heteroatoms. The van der Waals surface area contributed by atoms with E-state index >= 15 is 0 Å². The number of likely N-dealkylation sites (tertiary alicyclic amines) is 1. The molecule has 0 aromatic carbocycles. The van der Waals surface area contributed by atoms with Gasteiger partial charge in [0.1, 0.15) is 5.78 Å². The first kappa shape index (κ1) is 14.9. The summed E-state index contributed by atoms with van der Waals surface area (Å²) in [6, 6.07) is 0. The van der Waals surface area contributed by atoms with Crippen LogP contribution in [0.4, 0.5) is 0 Å². The van der Waals surface area contributed by atoms with Crippen molar-refractivity contribution in [1.82, 2.24) is 4.90 Å². The SMILES string of the molecule is CC(=O)CCCCCN1C(=O)CC(C(C)C)C1=O. The molecule has 0 aliphatic carbocycles. The number of Topliss-reactive ketones (excluding diaryl/α,β-unsaturated/α-hetero) is 1. The van der Waals surface area contributed by atoms with Gasteiger partial charge in [-0.25, -0.2) is 0 Å². The van der Waals surface area contributed by atoms with Crippen molar-refractivity contribution in [3.8, 4) is 0 Å². The van der Waals surface area contributed by atoms with Gasteiger partial charge in [-0.05, 0) is 25.7 Å². The van der Waals surface area contributed by atoms with Crippen LogP contribution in [0, 0.1) is 11.8 Å². The predicted molar refractivity (Wildman–Crippen MR) is 68.8 cm³/mol. The summed E-state index contributed by atoms with van der Waals surface area (Å²) in [4.78, 5) is 35.9. The Morgan fingerprint density at radius 3 is 2.44 bits per heavy atom. The van der Waals surface area contributed by atoms with Gasteiger partial charge in [0.05, 0.1) is 0 Å². The summed E-state index contributed by atoms with van der Waals surface area (Å²) in [5, 5.41) is 0.